The molecule has 2 fully saturated rings. The molecule has 0 radical (unpaired) electrons. The molecule has 29 heavy (non-hydrogen) atoms. The molecule has 1 aromatic carbocycles. The van der Waals surface area contributed by atoms with E-state index in [4.69, 9.17) is 0 Å². The van der Waals surface area contributed by atoms with E-state index in [1.54, 1.807) is 0 Å². The van der Waals surface area contributed by atoms with Crippen LogP contribution in [0.15, 0.2) is 30.3 Å². The number of aromatic nitrogens is 2. The highest BCUT2D eigenvalue weighted by Gasteiger charge is 2.44. The van der Waals surface area contributed by atoms with E-state index in [1.165, 1.54) is 24.9 Å². The number of anilines is 2. The van der Waals surface area contributed by atoms with Crippen LogP contribution in [0.1, 0.15) is 62.8 Å². The molecular formula is C24H31N5. The fourth-order valence-electron chi connectivity index (χ4n) is 5.00. The maximum Gasteiger partial charge on any atom is 0.151 e. The average molecular weight is 390 g/mol. The number of piperidine rings is 1. The molecule has 0 unspecified atom stereocenters. The SMILES string of the molecule is Cc1cc(N2CC3(CCN(c4ccc(C(C)C)nn4)CC3)C[C@@H]2C)ccc1C#N. The topological polar surface area (TPSA) is 56.1 Å². The summed E-state index contributed by atoms with van der Waals surface area (Å²) in [7, 11) is 0. The molecule has 1 atom stereocenters. The van der Waals surface area contributed by atoms with E-state index >= 15 is 0 Å². The Labute approximate surface area is 174 Å². The van der Waals surface area contributed by atoms with Crippen LogP contribution >= 0.6 is 0 Å². The van der Waals surface area contributed by atoms with Gasteiger partial charge in [-0.15, -0.1) is 5.10 Å². The van der Waals surface area contributed by atoms with Crippen LogP contribution in [-0.2, 0) is 0 Å². The Hall–Kier alpha value is -2.61. The van der Waals surface area contributed by atoms with Crippen LogP contribution in [0.4, 0.5) is 11.5 Å². The van der Waals surface area contributed by atoms with Crippen molar-refractivity contribution in [2.24, 2.45) is 5.41 Å². The standard InChI is InChI=1S/C24H31N5/c1-17(2)22-7-8-23(27-26-22)28-11-9-24(10-12-28)14-19(4)29(16-24)21-6-5-20(15-25)18(3)13-21/h5-8,13,17,19H,9-12,14,16H2,1-4H3/t19-/m0/s1. The Balaban J connectivity index is 1.43. The van der Waals surface area contributed by atoms with Crippen molar-refractivity contribution in [1.82, 2.24) is 10.2 Å². The van der Waals surface area contributed by atoms with Crippen LogP contribution in [0.3, 0.4) is 0 Å². The molecule has 2 aliphatic rings. The van der Waals surface area contributed by atoms with Crippen LogP contribution in [0.2, 0.25) is 0 Å². The highest BCUT2D eigenvalue weighted by molar-refractivity contribution is 5.55. The molecule has 0 amide bonds. The Morgan fingerprint density at radius 3 is 2.48 bits per heavy atom. The predicted octanol–water partition coefficient (Wildman–Crippen LogP) is 4.67. The molecule has 5 heteroatoms. The van der Waals surface area contributed by atoms with Crippen molar-refractivity contribution in [3.63, 3.8) is 0 Å². The Morgan fingerprint density at radius 2 is 1.90 bits per heavy atom. The maximum absolute atomic E-state index is 9.21. The molecule has 2 aromatic rings. The number of hydrogen-bond acceptors (Lipinski definition) is 5. The summed E-state index contributed by atoms with van der Waals surface area (Å²) in [5.41, 5.74) is 4.52. The zero-order valence-electron chi connectivity index (χ0n) is 18.0. The number of benzene rings is 1. The van der Waals surface area contributed by atoms with E-state index in [1.807, 2.05) is 13.0 Å². The first-order valence-electron chi connectivity index (χ1n) is 10.8. The molecule has 5 nitrogen and oxygen atoms in total. The smallest absolute Gasteiger partial charge is 0.151 e. The molecular weight excluding hydrogens is 358 g/mol. The Morgan fingerprint density at radius 1 is 1.14 bits per heavy atom. The van der Waals surface area contributed by atoms with Gasteiger partial charge in [0.2, 0.25) is 0 Å². The quantitative estimate of drug-likeness (QED) is 0.764. The van der Waals surface area contributed by atoms with Gasteiger partial charge in [-0.1, -0.05) is 13.8 Å². The van der Waals surface area contributed by atoms with Gasteiger partial charge in [0.05, 0.1) is 17.3 Å². The molecule has 2 aliphatic heterocycles. The first-order valence-corrected chi connectivity index (χ1v) is 10.8. The van der Waals surface area contributed by atoms with Crippen molar-refractivity contribution in [3.8, 4) is 6.07 Å². The summed E-state index contributed by atoms with van der Waals surface area (Å²) in [5, 5.41) is 18.1. The van der Waals surface area contributed by atoms with Crippen molar-refractivity contribution in [2.75, 3.05) is 29.4 Å². The van der Waals surface area contributed by atoms with Gasteiger partial charge in [0.25, 0.3) is 0 Å². The highest BCUT2D eigenvalue weighted by atomic mass is 15.3. The van der Waals surface area contributed by atoms with Crippen LogP contribution in [0.25, 0.3) is 0 Å². The molecule has 0 aliphatic carbocycles. The normalized spacial score (nSPS) is 21.0. The lowest BCUT2D eigenvalue weighted by molar-refractivity contribution is 0.244. The summed E-state index contributed by atoms with van der Waals surface area (Å²) in [6.45, 7) is 11.9. The van der Waals surface area contributed by atoms with Crippen molar-refractivity contribution in [1.29, 1.82) is 5.26 Å². The lowest BCUT2D eigenvalue weighted by atomic mass is 9.77. The zero-order chi connectivity index (χ0) is 20.6. The van der Waals surface area contributed by atoms with E-state index in [0.29, 0.717) is 17.4 Å². The molecule has 2 saturated heterocycles. The summed E-state index contributed by atoms with van der Waals surface area (Å²) in [6.07, 6.45) is 3.62. The van der Waals surface area contributed by atoms with E-state index < -0.39 is 0 Å². The third-order valence-corrected chi connectivity index (χ3v) is 6.84. The lowest BCUT2D eigenvalue weighted by Crippen LogP contribution is -2.42. The predicted molar refractivity (Wildman–Crippen MR) is 117 cm³/mol. The summed E-state index contributed by atoms with van der Waals surface area (Å²) in [4.78, 5) is 4.93. The van der Waals surface area contributed by atoms with Crippen LogP contribution in [0.5, 0.6) is 0 Å². The number of nitriles is 1. The number of rotatable bonds is 3. The summed E-state index contributed by atoms with van der Waals surface area (Å²) in [6, 6.07) is 13.3. The highest BCUT2D eigenvalue weighted by Crippen LogP contribution is 2.45. The number of nitrogens with zero attached hydrogens (tertiary/aromatic N) is 5. The van der Waals surface area contributed by atoms with Crippen LogP contribution < -0.4 is 9.80 Å². The van der Waals surface area contributed by atoms with Crippen molar-refractivity contribution >= 4 is 11.5 Å². The van der Waals surface area contributed by atoms with E-state index in [2.05, 4.69) is 71.1 Å². The summed E-state index contributed by atoms with van der Waals surface area (Å²) >= 11 is 0. The second kappa shape index (κ2) is 7.67. The molecule has 3 heterocycles. The molecule has 0 N–H and O–H groups in total. The Bertz CT molecular complexity index is 904. The molecule has 1 aromatic heterocycles. The first-order chi connectivity index (χ1) is 13.9. The van der Waals surface area contributed by atoms with E-state index in [9.17, 15) is 5.26 Å². The zero-order valence-corrected chi connectivity index (χ0v) is 18.0. The maximum atomic E-state index is 9.21. The van der Waals surface area contributed by atoms with Gasteiger partial charge in [0.15, 0.2) is 5.82 Å². The van der Waals surface area contributed by atoms with Crippen LogP contribution in [-0.4, -0.2) is 35.9 Å². The van der Waals surface area contributed by atoms with Gasteiger partial charge in [-0.2, -0.15) is 10.4 Å². The Kier molecular flexibility index (Phi) is 5.21. The fraction of sp³-hybridized carbons (Fsp3) is 0.542. The average Bonchev–Trinajstić information content (AvgIpc) is 3.04. The van der Waals surface area contributed by atoms with Crippen LogP contribution in [0, 0.1) is 23.7 Å². The minimum Gasteiger partial charge on any atom is -0.368 e. The molecule has 0 saturated carbocycles. The van der Waals surface area contributed by atoms with Gasteiger partial charge in [-0.25, -0.2) is 0 Å². The lowest BCUT2D eigenvalue weighted by Gasteiger charge is -2.39. The van der Waals surface area contributed by atoms with Gasteiger partial charge in [0.1, 0.15) is 0 Å². The molecule has 152 valence electrons. The third-order valence-electron chi connectivity index (χ3n) is 6.84. The van der Waals surface area contributed by atoms with E-state index in [0.717, 1.165) is 42.3 Å². The van der Waals surface area contributed by atoms with Crippen molar-refractivity contribution < 1.29 is 0 Å². The largest absolute Gasteiger partial charge is 0.368 e. The summed E-state index contributed by atoms with van der Waals surface area (Å²) in [5.74, 6) is 1.42. The van der Waals surface area contributed by atoms with Gasteiger partial charge in [-0.05, 0) is 80.3 Å². The minimum absolute atomic E-state index is 0.378. The van der Waals surface area contributed by atoms with E-state index in [-0.39, 0.29) is 0 Å². The third kappa shape index (κ3) is 3.81. The first kappa shape index (κ1) is 19.7. The molecule has 1 spiro atoms. The molecule has 4 rings (SSSR count). The van der Waals surface area contributed by atoms with Crippen molar-refractivity contribution in [2.45, 2.75) is 58.9 Å². The number of aryl methyl sites for hydroxylation is 1. The fourth-order valence-corrected chi connectivity index (χ4v) is 5.00. The number of hydrogen-bond donors (Lipinski definition) is 0. The van der Waals surface area contributed by atoms with Gasteiger partial charge in [-0.3, -0.25) is 0 Å². The van der Waals surface area contributed by atoms with Gasteiger partial charge < -0.3 is 9.80 Å². The second-order valence-corrected chi connectivity index (χ2v) is 9.25. The summed E-state index contributed by atoms with van der Waals surface area (Å²) < 4.78 is 0. The molecule has 0 bridgehead atoms. The minimum atomic E-state index is 0.378. The van der Waals surface area contributed by atoms with Gasteiger partial charge >= 0.3 is 0 Å². The monoisotopic (exact) mass is 389 g/mol. The second-order valence-electron chi connectivity index (χ2n) is 9.25. The van der Waals surface area contributed by atoms with Gasteiger partial charge in [0, 0.05) is 31.4 Å². The van der Waals surface area contributed by atoms with Crippen molar-refractivity contribution in [3.05, 3.63) is 47.2 Å².